The van der Waals surface area contributed by atoms with Gasteiger partial charge >= 0.3 is 0 Å². The molecule has 4 saturated carbocycles. The quantitative estimate of drug-likeness (QED) is 0.714. The molecule has 0 bridgehead atoms. The van der Waals surface area contributed by atoms with Crippen LogP contribution in [0.1, 0.15) is 71.6 Å². The average molecular weight is 292 g/mol. The van der Waals surface area contributed by atoms with Crippen molar-refractivity contribution in [2.75, 3.05) is 0 Å². The van der Waals surface area contributed by atoms with Crippen LogP contribution in [-0.4, -0.2) is 22.4 Å². The molecular weight excluding hydrogens is 260 g/mol. The molecule has 0 amide bonds. The first-order valence-electron chi connectivity index (χ1n) is 9.31. The lowest BCUT2D eigenvalue weighted by molar-refractivity contribution is -0.133. The van der Waals surface area contributed by atoms with Crippen LogP contribution >= 0.6 is 0 Å². The number of hydrogen-bond acceptors (Lipinski definition) is 2. The Balaban J connectivity index is 1.62. The monoisotopic (exact) mass is 292 g/mol. The van der Waals surface area contributed by atoms with E-state index in [1.54, 1.807) is 0 Å². The summed E-state index contributed by atoms with van der Waals surface area (Å²) in [4.78, 5) is 0. The highest BCUT2D eigenvalue weighted by molar-refractivity contribution is 5.09. The van der Waals surface area contributed by atoms with Crippen LogP contribution in [0.15, 0.2) is 0 Å². The van der Waals surface area contributed by atoms with E-state index in [2.05, 4.69) is 13.8 Å². The number of rotatable bonds is 0. The SMILES string of the molecule is CC12CCC3C(CC[C@H]4CC(O)CCC34C)C1CCC2O. The number of hydrogen-bond donors (Lipinski definition) is 2. The van der Waals surface area contributed by atoms with Crippen molar-refractivity contribution in [2.45, 2.75) is 83.8 Å². The standard InChI is InChI=1S/C19H32O2/c1-18-9-7-13(20)11-12(18)3-4-14-15-5-6-17(21)19(15,2)10-8-16(14)18/h12-17,20-21H,3-11H2,1-2H3/t12-,13?,14?,15?,16?,17?,18?,19?/m0/s1. The summed E-state index contributed by atoms with van der Waals surface area (Å²) in [5, 5.41) is 20.5. The van der Waals surface area contributed by atoms with Crippen molar-refractivity contribution < 1.29 is 10.2 Å². The van der Waals surface area contributed by atoms with E-state index < -0.39 is 0 Å². The zero-order chi connectivity index (χ0) is 14.8. The fourth-order valence-electron chi connectivity index (χ4n) is 7.21. The first-order valence-corrected chi connectivity index (χ1v) is 9.31. The molecule has 0 aromatic heterocycles. The minimum absolute atomic E-state index is 0.0400. The van der Waals surface area contributed by atoms with E-state index in [0.29, 0.717) is 5.41 Å². The second-order valence-corrected chi connectivity index (χ2v) is 9.22. The molecule has 120 valence electrons. The van der Waals surface area contributed by atoms with Crippen LogP contribution in [0.2, 0.25) is 0 Å². The normalized spacial score (nSPS) is 60.0. The van der Waals surface area contributed by atoms with Gasteiger partial charge < -0.3 is 10.2 Å². The Morgan fingerprint density at radius 3 is 2.29 bits per heavy atom. The van der Waals surface area contributed by atoms with Crippen LogP contribution in [0.4, 0.5) is 0 Å². The lowest BCUT2D eigenvalue weighted by Crippen LogP contribution is -2.54. The minimum atomic E-state index is -0.0536. The van der Waals surface area contributed by atoms with Gasteiger partial charge in [0.25, 0.3) is 0 Å². The Labute approximate surface area is 129 Å². The summed E-state index contributed by atoms with van der Waals surface area (Å²) in [6, 6.07) is 0. The second-order valence-electron chi connectivity index (χ2n) is 9.22. The third-order valence-corrected chi connectivity index (χ3v) is 8.59. The van der Waals surface area contributed by atoms with Crippen LogP contribution in [0.3, 0.4) is 0 Å². The molecule has 0 spiro atoms. The van der Waals surface area contributed by atoms with Crippen molar-refractivity contribution in [1.29, 1.82) is 0 Å². The smallest absolute Gasteiger partial charge is 0.0596 e. The summed E-state index contributed by atoms with van der Waals surface area (Å²) >= 11 is 0. The third kappa shape index (κ3) is 1.91. The fourth-order valence-corrected chi connectivity index (χ4v) is 7.21. The molecule has 4 aliphatic carbocycles. The predicted molar refractivity (Wildman–Crippen MR) is 83.7 cm³/mol. The van der Waals surface area contributed by atoms with Gasteiger partial charge in [-0.3, -0.25) is 0 Å². The maximum atomic E-state index is 10.5. The van der Waals surface area contributed by atoms with Gasteiger partial charge in [-0.25, -0.2) is 0 Å². The van der Waals surface area contributed by atoms with Crippen LogP contribution in [0.25, 0.3) is 0 Å². The van der Waals surface area contributed by atoms with Crippen LogP contribution in [-0.2, 0) is 0 Å². The molecule has 0 saturated heterocycles. The van der Waals surface area contributed by atoms with Gasteiger partial charge in [0.1, 0.15) is 0 Å². The van der Waals surface area contributed by atoms with Crippen molar-refractivity contribution in [3.8, 4) is 0 Å². The highest BCUT2D eigenvalue weighted by Gasteiger charge is 2.59. The van der Waals surface area contributed by atoms with Gasteiger partial charge in [0, 0.05) is 0 Å². The molecule has 0 heterocycles. The zero-order valence-corrected chi connectivity index (χ0v) is 13.7. The lowest BCUT2D eigenvalue weighted by Gasteiger charge is -2.60. The molecule has 2 heteroatoms. The molecule has 4 rings (SSSR count). The van der Waals surface area contributed by atoms with Crippen molar-refractivity contribution in [2.24, 2.45) is 34.5 Å². The van der Waals surface area contributed by atoms with E-state index in [1.807, 2.05) is 0 Å². The van der Waals surface area contributed by atoms with Crippen LogP contribution < -0.4 is 0 Å². The summed E-state index contributed by atoms with van der Waals surface area (Å²) in [6.45, 7) is 4.90. The summed E-state index contributed by atoms with van der Waals surface area (Å²) < 4.78 is 0. The maximum absolute atomic E-state index is 10.5. The van der Waals surface area contributed by atoms with Gasteiger partial charge in [-0.15, -0.1) is 0 Å². The number of aliphatic hydroxyl groups is 2. The molecule has 4 aliphatic rings. The average Bonchev–Trinajstić information content (AvgIpc) is 2.76. The maximum Gasteiger partial charge on any atom is 0.0596 e. The minimum Gasteiger partial charge on any atom is -0.393 e. The summed E-state index contributed by atoms with van der Waals surface area (Å²) in [6.07, 6.45) is 10.7. The molecule has 0 aromatic carbocycles. The molecule has 7 unspecified atom stereocenters. The zero-order valence-electron chi connectivity index (χ0n) is 13.7. The second kappa shape index (κ2) is 4.71. The highest BCUT2D eigenvalue weighted by atomic mass is 16.3. The summed E-state index contributed by atoms with van der Waals surface area (Å²) in [5.74, 6) is 3.21. The molecule has 8 atom stereocenters. The first-order chi connectivity index (χ1) is 9.95. The van der Waals surface area contributed by atoms with Crippen molar-refractivity contribution in [1.82, 2.24) is 0 Å². The lowest BCUT2D eigenvalue weighted by atomic mass is 9.45. The summed E-state index contributed by atoms with van der Waals surface area (Å²) in [7, 11) is 0. The topological polar surface area (TPSA) is 40.5 Å². The first kappa shape index (κ1) is 14.5. The molecule has 0 aromatic rings. The molecule has 2 N–H and O–H groups in total. The van der Waals surface area contributed by atoms with E-state index in [4.69, 9.17) is 0 Å². The Morgan fingerprint density at radius 1 is 0.762 bits per heavy atom. The third-order valence-electron chi connectivity index (χ3n) is 8.59. The van der Waals surface area contributed by atoms with Gasteiger partial charge in [0.2, 0.25) is 0 Å². The van der Waals surface area contributed by atoms with Gasteiger partial charge in [-0.2, -0.15) is 0 Å². The highest BCUT2D eigenvalue weighted by Crippen LogP contribution is 2.66. The van der Waals surface area contributed by atoms with E-state index in [1.165, 1.54) is 38.5 Å². The number of aliphatic hydroxyl groups excluding tert-OH is 2. The van der Waals surface area contributed by atoms with E-state index in [-0.39, 0.29) is 17.6 Å². The van der Waals surface area contributed by atoms with E-state index >= 15 is 0 Å². The van der Waals surface area contributed by atoms with Gasteiger partial charge in [-0.1, -0.05) is 13.8 Å². The summed E-state index contributed by atoms with van der Waals surface area (Å²) in [5.41, 5.74) is 0.676. The molecule has 0 radical (unpaired) electrons. The van der Waals surface area contributed by atoms with E-state index in [0.717, 1.165) is 42.9 Å². The molecule has 21 heavy (non-hydrogen) atoms. The van der Waals surface area contributed by atoms with Crippen LogP contribution in [0.5, 0.6) is 0 Å². The predicted octanol–water partition coefficient (Wildman–Crippen LogP) is 3.75. The fraction of sp³-hybridized carbons (Fsp3) is 1.00. The Bertz CT molecular complexity index is 422. The van der Waals surface area contributed by atoms with Crippen molar-refractivity contribution in [3.05, 3.63) is 0 Å². The van der Waals surface area contributed by atoms with E-state index in [9.17, 15) is 10.2 Å². The molecule has 2 nitrogen and oxygen atoms in total. The largest absolute Gasteiger partial charge is 0.393 e. The van der Waals surface area contributed by atoms with Gasteiger partial charge in [0.05, 0.1) is 12.2 Å². The number of fused-ring (bicyclic) bond motifs is 5. The molecular formula is C19H32O2. The van der Waals surface area contributed by atoms with Crippen LogP contribution in [0, 0.1) is 34.5 Å². The van der Waals surface area contributed by atoms with Gasteiger partial charge in [0.15, 0.2) is 0 Å². The Morgan fingerprint density at radius 2 is 1.48 bits per heavy atom. The van der Waals surface area contributed by atoms with Crippen molar-refractivity contribution >= 4 is 0 Å². The Hall–Kier alpha value is -0.0800. The van der Waals surface area contributed by atoms with Gasteiger partial charge in [-0.05, 0) is 92.3 Å². The molecule has 0 aliphatic heterocycles. The molecule has 4 fully saturated rings. The van der Waals surface area contributed by atoms with Crippen molar-refractivity contribution in [3.63, 3.8) is 0 Å². The Kier molecular flexibility index (Phi) is 3.25.